The van der Waals surface area contributed by atoms with Crippen LogP contribution < -0.4 is 10.1 Å². The summed E-state index contributed by atoms with van der Waals surface area (Å²) in [6.45, 7) is 8.05. The van der Waals surface area contributed by atoms with Crippen LogP contribution in [0, 0.1) is 0 Å². The highest BCUT2D eigenvalue weighted by atomic mass is 16.5. The number of hydrogen-bond acceptors (Lipinski definition) is 5. The Morgan fingerprint density at radius 3 is 2.65 bits per heavy atom. The predicted octanol–water partition coefficient (Wildman–Crippen LogP) is 1.46. The summed E-state index contributed by atoms with van der Waals surface area (Å²) in [5, 5.41) is 3.43. The first-order valence-corrected chi connectivity index (χ1v) is 7.08. The molecule has 1 N–H and O–H groups in total. The molecule has 0 aromatic carbocycles. The van der Waals surface area contributed by atoms with Crippen molar-refractivity contribution in [3.8, 4) is 5.75 Å². The van der Waals surface area contributed by atoms with Crippen LogP contribution >= 0.6 is 0 Å². The highest BCUT2D eigenvalue weighted by Crippen LogP contribution is 2.32. The van der Waals surface area contributed by atoms with Crippen LogP contribution in [-0.4, -0.2) is 55.9 Å². The molecule has 0 aliphatic carbocycles. The zero-order valence-corrected chi connectivity index (χ0v) is 12.8. The van der Waals surface area contributed by atoms with E-state index < -0.39 is 0 Å². The van der Waals surface area contributed by atoms with Gasteiger partial charge in [0.05, 0.1) is 32.6 Å². The average molecular weight is 279 g/mol. The summed E-state index contributed by atoms with van der Waals surface area (Å²) in [5.41, 5.74) is 1.12. The maximum atomic E-state index is 5.46. The van der Waals surface area contributed by atoms with Crippen molar-refractivity contribution in [2.24, 2.45) is 0 Å². The number of aromatic nitrogens is 1. The Kier molecular flexibility index (Phi) is 4.96. The maximum Gasteiger partial charge on any atom is 0.137 e. The SMILES string of the molecule is CNC(c1cncc(OC)c1)C(C)(C)N1CCOCC1. The van der Waals surface area contributed by atoms with E-state index in [2.05, 4.69) is 35.1 Å². The first kappa shape index (κ1) is 15.2. The summed E-state index contributed by atoms with van der Waals surface area (Å²) < 4.78 is 10.7. The average Bonchev–Trinajstić information content (AvgIpc) is 2.49. The number of rotatable bonds is 5. The standard InChI is InChI=1S/C15H25N3O2/c1-15(2,18-5-7-20-8-6-18)14(16-3)12-9-13(19-4)11-17-10-12/h9-11,14,16H,5-8H2,1-4H3. The van der Waals surface area contributed by atoms with Gasteiger partial charge in [-0.1, -0.05) is 0 Å². The summed E-state index contributed by atoms with van der Waals surface area (Å²) in [5.74, 6) is 0.792. The van der Waals surface area contributed by atoms with Gasteiger partial charge in [0.15, 0.2) is 0 Å². The maximum absolute atomic E-state index is 5.46. The Labute approximate surface area is 121 Å². The van der Waals surface area contributed by atoms with Gasteiger partial charge in [-0.3, -0.25) is 9.88 Å². The predicted molar refractivity (Wildman–Crippen MR) is 79.1 cm³/mol. The van der Waals surface area contributed by atoms with Gasteiger partial charge in [0.25, 0.3) is 0 Å². The zero-order valence-electron chi connectivity index (χ0n) is 12.8. The van der Waals surface area contributed by atoms with Crippen LogP contribution in [0.1, 0.15) is 25.5 Å². The van der Waals surface area contributed by atoms with E-state index >= 15 is 0 Å². The van der Waals surface area contributed by atoms with E-state index in [4.69, 9.17) is 9.47 Å². The molecule has 5 heteroatoms. The second-order valence-electron chi connectivity index (χ2n) is 5.63. The van der Waals surface area contributed by atoms with Gasteiger partial charge in [0.2, 0.25) is 0 Å². The summed E-state index contributed by atoms with van der Waals surface area (Å²) in [7, 11) is 3.66. The van der Waals surface area contributed by atoms with E-state index in [1.54, 1.807) is 13.3 Å². The molecule has 1 saturated heterocycles. The molecule has 0 amide bonds. The quantitative estimate of drug-likeness (QED) is 0.884. The molecule has 5 nitrogen and oxygen atoms in total. The van der Waals surface area contributed by atoms with Gasteiger partial charge in [-0.2, -0.15) is 0 Å². The van der Waals surface area contributed by atoms with Crippen molar-refractivity contribution in [1.82, 2.24) is 15.2 Å². The summed E-state index contributed by atoms with van der Waals surface area (Å²) in [4.78, 5) is 6.74. The van der Waals surface area contributed by atoms with Crippen LogP contribution in [0.2, 0.25) is 0 Å². The fraction of sp³-hybridized carbons (Fsp3) is 0.667. The first-order valence-electron chi connectivity index (χ1n) is 7.08. The van der Waals surface area contributed by atoms with Crippen molar-refractivity contribution in [3.05, 3.63) is 24.0 Å². The first-order chi connectivity index (χ1) is 9.59. The van der Waals surface area contributed by atoms with E-state index in [0.29, 0.717) is 0 Å². The molecule has 1 unspecified atom stereocenters. The summed E-state index contributed by atoms with van der Waals surface area (Å²) in [6.07, 6.45) is 3.64. The van der Waals surface area contributed by atoms with Crippen LogP contribution in [-0.2, 0) is 4.74 Å². The van der Waals surface area contributed by atoms with Gasteiger partial charge >= 0.3 is 0 Å². The van der Waals surface area contributed by atoms with Crippen molar-refractivity contribution in [1.29, 1.82) is 0 Å². The molecule has 0 radical (unpaired) electrons. The van der Waals surface area contributed by atoms with Gasteiger partial charge in [0.1, 0.15) is 5.75 Å². The van der Waals surface area contributed by atoms with Crippen LogP contribution in [0.15, 0.2) is 18.5 Å². The van der Waals surface area contributed by atoms with Gasteiger partial charge in [-0.15, -0.1) is 0 Å². The van der Waals surface area contributed by atoms with Gasteiger partial charge in [-0.05, 0) is 32.5 Å². The zero-order chi connectivity index (χ0) is 14.6. The Hall–Kier alpha value is -1.17. The van der Waals surface area contributed by atoms with Gasteiger partial charge in [-0.25, -0.2) is 0 Å². The molecule has 1 aliphatic heterocycles. The number of nitrogens with one attached hydrogen (secondary N) is 1. The largest absolute Gasteiger partial charge is 0.495 e. The van der Waals surface area contributed by atoms with Crippen molar-refractivity contribution in [3.63, 3.8) is 0 Å². The lowest BCUT2D eigenvalue weighted by atomic mass is 9.87. The molecular formula is C15H25N3O2. The Morgan fingerprint density at radius 1 is 1.35 bits per heavy atom. The molecule has 0 bridgehead atoms. The molecule has 0 saturated carbocycles. The van der Waals surface area contributed by atoms with Crippen molar-refractivity contribution < 1.29 is 9.47 Å². The van der Waals surface area contributed by atoms with Gasteiger partial charge < -0.3 is 14.8 Å². The number of hydrogen-bond donors (Lipinski definition) is 1. The molecule has 1 aromatic rings. The monoisotopic (exact) mass is 279 g/mol. The molecule has 2 rings (SSSR count). The normalized spacial score (nSPS) is 18.8. The topological polar surface area (TPSA) is 46.6 Å². The van der Waals surface area contributed by atoms with Crippen molar-refractivity contribution in [2.45, 2.75) is 25.4 Å². The Balaban J connectivity index is 2.24. The number of ether oxygens (including phenoxy) is 2. The van der Waals surface area contributed by atoms with E-state index in [0.717, 1.165) is 37.6 Å². The molecule has 1 aliphatic rings. The fourth-order valence-electron chi connectivity index (χ4n) is 2.96. The van der Waals surface area contributed by atoms with E-state index in [1.807, 2.05) is 13.2 Å². The molecule has 112 valence electrons. The molecular weight excluding hydrogens is 254 g/mol. The minimum Gasteiger partial charge on any atom is -0.495 e. The lowest BCUT2D eigenvalue weighted by molar-refractivity contribution is -0.0229. The number of likely N-dealkylation sites (N-methyl/N-ethyl adjacent to an activating group) is 1. The minimum atomic E-state index is -0.0213. The van der Waals surface area contributed by atoms with Crippen molar-refractivity contribution in [2.75, 3.05) is 40.5 Å². The number of nitrogens with zero attached hydrogens (tertiary/aromatic N) is 2. The van der Waals surface area contributed by atoms with Crippen LogP contribution in [0.25, 0.3) is 0 Å². The fourth-order valence-corrected chi connectivity index (χ4v) is 2.96. The number of pyridine rings is 1. The molecule has 1 aromatic heterocycles. The highest BCUT2D eigenvalue weighted by molar-refractivity contribution is 5.28. The van der Waals surface area contributed by atoms with Crippen molar-refractivity contribution >= 4 is 0 Å². The van der Waals surface area contributed by atoms with Crippen LogP contribution in [0.5, 0.6) is 5.75 Å². The lowest BCUT2D eigenvalue weighted by Crippen LogP contribution is -2.55. The van der Waals surface area contributed by atoms with Gasteiger partial charge in [0, 0.05) is 24.8 Å². The third kappa shape index (κ3) is 3.11. The highest BCUT2D eigenvalue weighted by Gasteiger charge is 2.36. The second kappa shape index (κ2) is 6.52. The third-order valence-corrected chi connectivity index (χ3v) is 4.12. The molecule has 2 heterocycles. The third-order valence-electron chi connectivity index (χ3n) is 4.12. The van der Waals surface area contributed by atoms with E-state index in [1.165, 1.54) is 0 Å². The summed E-state index contributed by atoms with van der Waals surface area (Å²) in [6, 6.07) is 2.24. The van der Waals surface area contributed by atoms with Crippen LogP contribution in [0.4, 0.5) is 0 Å². The lowest BCUT2D eigenvalue weighted by Gasteiger charge is -2.45. The Bertz CT molecular complexity index is 431. The van der Waals surface area contributed by atoms with E-state index in [-0.39, 0.29) is 11.6 Å². The number of methoxy groups -OCH3 is 1. The number of morpholine rings is 1. The smallest absolute Gasteiger partial charge is 0.137 e. The Morgan fingerprint density at radius 2 is 2.05 bits per heavy atom. The molecule has 20 heavy (non-hydrogen) atoms. The second-order valence-corrected chi connectivity index (χ2v) is 5.63. The van der Waals surface area contributed by atoms with Crippen LogP contribution in [0.3, 0.4) is 0 Å². The molecule has 1 fully saturated rings. The minimum absolute atomic E-state index is 0.0213. The molecule has 0 spiro atoms. The van der Waals surface area contributed by atoms with E-state index in [9.17, 15) is 0 Å². The summed E-state index contributed by atoms with van der Waals surface area (Å²) >= 11 is 0. The molecule has 1 atom stereocenters.